The first-order chi connectivity index (χ1) is 9.61. The van der Waals surface area contributed by atoms with E-state index in [0.717, 1.165) is 24.3 Å². The van der Waals surface area contributed by atoms with Gasteiger partial charge in [-0.15, -0.1) is 0 Å². The second-order valence-electron chi connectivity index (χ2n) is 4.73. The molecule has 1 aromatic carbocycles. The normalized spacial score (nSPS) is 10.1. The van der Waals surface area contributed by atoms with Crippen molar-refractivity contribution >= 4 is 5.91 Å². The van der Waals surface area contributed by atoms with Gasteiger partial charge in [0.2, 0.25) is 5.91 Å². The second-order valence-corrected chi connectivity index (χ2v) is 4.73. The van der Waals surface area contributed by atoms with Crippen molar-refractivity contribution in [1.82, 2.24) is 10.2 Å². The van der Waals surface area contributed by atoms with Crippen LogP contribution in [0, 0.1) is 11.3 Å². The predicted octanol–water partition coefficient (Wildman–Crippen LogP) is 1.20. The third-order valence-corrected chi connectivity index (χ3v) is 2.68. The fourth-order valence-corrected chi connectivity index (χ4v) is 1.62. The number of ether oxygens (including phenoxy) is 1. The first kappa shape index (κ1) is 16.0. The molecule has 0 saturated carbocycles. The van der Waals surface area contributed by atoms with Crippen molar-refractivity contribution in [2.45, 2.75) is 12.8 Å². The molecule has 0 aromatic heterocycles. The number of likely N-dealkylation sites (N-methyl/N-ethyl adjacent to an activating group) is 1. The molecule has 0 aliphatic heterocycles. The predicted molar refractivity (Wildman–Crippen MR) is 77.4 cm³/mol. The van der Waals surface area contributed by atoms with Gasteiger partial charge >= 0.3 is 0 Å². The average molecular weight is 275 g/mol. The highest BCUT2D eigenvalue weighted by Gasteiger charge is 2.01. The summed E-state index contributed by atoms with van der Waals surface area (Å²) in [4.78, 5) is 13.2. The summed E-state index contributed by atoms with van der Waals surface area (Å²) in [5.74, 6) is 0.610. The number of hydrogen-bond donors (Lipinski definition) is 1. The fourth-order valence-electron chi connectivity index (χ4n) is 1.62. The molecular formula is C15H21N3O2. The van der Waals surface area contributed by atoms with E-state index in [4.69, 9.17) is 10.00 Å². The minimum atomic E-state index is -0.231. The van der Waals surface area contributed by atoms with E-state index in [9.17, 15) is 4.79 Å². The Kier molecular flexibility index (Phi) is 7.15. The number of hydrogen-bond acceptors (Lipinski definition) is 4. The van der Waals surface area contributed by atoms with E-state index in [2.05, 4.69) is 10.2 Å². The van der Waals surface area contributed by atoms with E-state index in [1.165, 1.54) is 0 Å². The summed E-state index contributed by atoms with van der Waals surface area (Å²) < 4.78 is 5.65. The van der Waals surface area contributed by atoms with Gasteiger partial charge in [0.25, 0.3) is 0 Å². The van der Waals surface area contributed by atoms with Crippen molar-refractivity contribution in [3.63, 3.8) is 0 Å². The fraction of sp³-hybridized carbons (Fsp3) is 0.467. The summed E-state index contributed by atoms with van der Waals surface area (Å²) in [5.41, 5.74) is 1.10. The van der Waals surface area contributed by atoms with E-state index >= 15 is 0 Å². The van der Waals surface area contributed by atoms with Crippen LogP contribution < -0.4 is 10.1 Å². The van der Waals surface area contributed by atoms with E-state index in [1.807, 2.05) is 44.4 Å². The van der Waals surface area contributed by atoms with Gasteiger partial charge in [-0.1, -0.05) is 12.1 Å². The minimum absolute atomic E-state index is 0.0896. The third kappa shape index (κ3) is 6.76. The quantitative estimate of drug-likeness (QED) is 0.774. The van der Waals surface area contributed by atoms with Crippen LogP contribution in [0.5, 0.6) is 5.75 Å². The molecule has 0 aliphatic rings. The molecule has 0 aliphatic carbocycles. The molecule has 5 heteroatoms. The van der Waals surface area contributed by atoms with Crippen LogP contribution in [0.2, 0.25) is 0 Å². The molecule has 1 N–H and O–H groups in total. The molecule has 0 bridgehead atoms. The molecule has 0 atom stereocenters. The number of nitrogens with zero attached hydrogens (tertiary/aromatic N) is 2. The number of benzene rings is 1. The Morgan fingerprint density at radius 3 is 2.95 bits per heavy atom. The zero-order chi connectivity index (χ0) is 14.8. The van der Waals surface area contributed by atoms with Gasteiger partial charge in [-0.25, -0.2) is 0 Å². The second kappa shape index (κ2) is 8.94. The summed E-state index contributed by atoms with van der Waals surface area (Å²) in [5, 5.41) is 11.1. The van der Waals surface area contributed by atoms with E-state index in [0.29, 0.717) is 13.2 Å². The molecule has 0 radical (unpaired) electrons. The van der Waals surface area contributed by atoms with Crippen molar-refractivity contribution in [2.24, 2.45) is 0 Å². The molecule has 0 saturated heterocycles. The van der Waals surface area contributed by atoms with Crippen LogP contribution in [0.4, 0.5) is 0 Å². The molecule has 20 heavy (non-hydrogen) atoms. The molecule has 0 heterocycles. The maximum Gasteiger partial charge on any atom is 0.234 e. The average Bonchev–Trinajstić information content (AvgIpc) is 2.39. The van der Waals surface area contributed by atoms with Crippen molar-refractivity contribution in [3.8, 4) is 11.8 Å². The summed E-state index contributed by atoms with van der Waals surface area (Å²) in [6.07, 6.45) is 0.635. The minimum Gasteiger partial charge on any atom is -0.492 e. The Hall–Kier alpha value is -2.06. The molecule has 0 unspecified atom stereocenters. The Morgan fingerprint density at radius 2 is 2.25 bits per heavy atom. The lowest BCUT2D eigenvalue weighted by Gasteiger charge is -2.11. The first-order valence-corrected chi connectivity index (χ1v) is 6.62. The summed E-state index contributed by atoms with van der Waals surface area (Å²) >= 11 is 0. The lowest BCUT2D eigenvalue weighted by atomic mass is 10.1. The maximum atomic E-state index is 11.1. The molecule has 1 aromatic rings. The smallest absolute Gasteiger partial charge is 0.234 e. The van der Waals surface area contributed by atoms with Gasteiger partial charge in [0, 0.05) is 13.1 Å². The Morgan fingerprint density at radius 1 is 1.45 bits per heavy atom. The lowest BCUT2D eigenvalue weighted by Crippen LogP contribution is -2.24. The monoisotopic (exact) mass is 275 g/mol. The van der Waals surface area contributed by atoms with Crippen LogP contribution in [0.1, 0.15) is 12.0 Å². The number of carbonyl (C=O) groups excluding carboxylic acids is 1. The highest BCUT2D eigenvalue weighted by atomic mass is 16.5. The van der Waals surface area contributed by atoms with Crippen LogP contribution in [0.15, 0.2) is 24.3 Å². The van der Waals surface area contributed by atoms with E-state index < -0.39 is 0 Å². The highest BCUT2D eigenvalue weighted by Crippen LogP contribution is 2.13. The van der Waals surface area contributed by atoms with Gasteiger partial charge in [0.1, 0.15) is 18.8 Å². The van der Waals surface area contributed by atoms with E-state index in [1.54, 1.807) is 0 Å². The molecule has 1 rings (SSSR count). The zero-order valence-corrected chi connectivity index (χ0v) is 12.1. The third-order valence-electron chi connectivity index (χ3n) is 2.68. The molecular weight excluding hydrogens is 254 g/mol. The number of carbonyl (C=O) groups is 1. The standard InChI is InChI=1S/C15H21N3O2/c1-18(2)10-11-20-14-5-3-4-13(12-14)7-9-17-15(19)6-8-16/h3-5,12H,6-7,9-11H2,1-2H3,(H,17,19). The van der Waals surface area contributed by atoms with Crippen molar-refractivity contribution < 1.29 is 9.53 Å². The van der Waals surface area contributed by atoms with Crippen LogP contribution >= 0.6 is 0 Å². The maximum absolute atomic E-state index is 11.1. The van der Waals surface area contributed by atoms with Crippen LogP contribution in [0.3, 0.4) is 0 Å². The number of nitriles is 1. The Bertz CT molecular complexity index is 466. The molecule has 0 fully saturated rings. The number of nitrogens with one attached hydrogen (secondary N) is 1. The van der Waals surface area contributed by atoms with Crippen LogP contribution in [-0.4, -0.2) is 44.6 Å². The van der Waals surface area contributed by atoms with Crippen LogP contribution in [-0.2, 0) is 11.2 Å². The van der Waals surface area contributed by atoms with Gasteiger partial charge in [-0.05, 0) is 38.2 Å². The van der Waals surface area contributed by atoms with Crippen molar-refractivity contribution in [2.75, 3.05) is 33.8 Å². The van der Waals surface area contributed by atoms with Gasteiger partial charge in [-0.2, -0.15) is 5.26 Å². The Labute approximate surface area is 120 Å². The highest BCUT2D eigenvalue weighted by molar-refractivity contribution is 5.77. The molecule has 1 amide bonds. The Balaban J connectivity index is 2.36. The molecule has 0 spiro atoms. The summed E-state index contributed by atoms with van der Waals surface area (Å²) in [7, 11) is 4.01. The van der Waals surface area contributed by atoms with Crippen molar-refractivity contribution in [1.29, 1.82) is 5.26 Å². The largest absolute Gasteiger partial charge is 0.492 e. The van der Waals surface area contributed by atoms with Gasteiger partial charge in [0.15, 0.2) is 0 Å². The summed E-state index contributed by atoms with van der Waals surface area (Å²) in [6, 6.07) is 9.66. The zero-order valence-electron chi connectivity index (χ0n) is 12.1. The molecule has 5 nitrogen and oxygen atoms in total. The number of rotatable bonds is 8. The van der Waals surface area contributed by atoms with Crippen LogP contribution in [0.25, 0.3) is 0 Å². The first-order valence-electron chi connectivity index (χ1n) is 6.62. The van der Waals surface area contributed by atoms with Crippen molar-refractivity contribution in [3.05, 3.63) is 29.8 Å². The van der Waals surface area contributed by atoms with Gasteiger partial charge < -0.3 is 15.0 Å². The molecule has 108 valence electrons. The lowest BCUT2D eigenvalue weighted by molar-refractivity contribution is -0.120. The van der Waals surface area contributed by atoms with Gasteiger partial charge in [-0.3, -0.25) is 4.79 Å². The number of amides is 1. The SMILES string of the molecule is CN(C)CCOc1cccc(CCNC(=O)CC#N)c1. The van der Waals surface area contributed by atoms with E-state index in [-0.39, 0.29) is 12.3 Å². The van der Waals surface area contributed by atoms with Gasteiger partial charge in [0.05, 0.1) is 6.07 Å². The summed E-state index contributed by atoms with van der Waals surface area (Å²) in [6.45, 7) is 2.05. The topological polar surface area (TPSA) is 65.4 Å².